The van der Waals surface area contributed by atoms with Crippen molar-refractivity contribution in [1.29, 1.82) is 0 Å². The fourth-order valence-corrected chi connectivity index (χ4v) is 3.23. The highest BCUT2D eigenvalue weighted by Gasteiger charge is 2.35. The quantitative estimate of drug-likeness (QED) is 0.663. The molecule has 0 radical (unpaired) electrons. The number of carbonyl (C=O) groups excluding carboxylic acids is 2. The minimum absolute atomic E-state index is 0.232. The van der Waals surface area contributed by atoms with E-state index in [0.717, 1.165) is 11.3 Å². The molecule has 2 heterocycles. The van der Waals surface area contributed by atoms with Gasteiger partial charge in [0.05, 0.1) is 25.6 Å². The number of nitrogens with one attached hydrogen (secondary N) is 2. The fourth-order valence-electron chi connectivity index (χ4n) is 3.23. The number of rotatable bonds is 8. The maximum absolute atomic E-state index is 12.7. The minimum atomic E-state index is -0.706. The molecule has 1 aliphatic rings. The molecule has 2 aromatic rings. The van der Waals surface area contributed by atoms with E-state index in [-0.39, 0.29) is 6.61 Å². The van der Waals surface area contributed by atoms with Gasteiger partial charge in [-0.25, -0.2) is 9.59 Å². The summed E-state index contributed by atoms with van der Waals surface area (Å²) in [5.41, 5.74) is 1.90. The van der Waals surface area contributed by atoms with Gasteiger partial charge in [-0.05, 0) is 43.8 Å². The summed E-state index contributed by atoms with van der Waals surface area (Å²) in [7, 11) is 3.54. The van der Waals surface area contributed by atoms with E-state index in [0.29, 0.717) is 30.1 Å². The number of furan rings is 1. The summed E-state index contributed by atoms with van der Waals surface area (Å²) in [5, 5.41) is 5.50. The monoisotopic (exact) mass is 399 g/mol. The topological polar surface area (TPSA) is 93.0 Å². The molecule has 8 nitrogen and oxygen atoms in total. The third kappa shape index (κ3) is 4.97. The number of benzene rings is 1. The minimum Gasteiger partial charge on any atom is -0.497 e. The van der Waals surface area contributed by atoms with E-state index in [1.807, 2.05) is 36.2 Å². The Hall–Kier alpha value is -3.26. The van der Waals surface area contributed by atoms with Gasteiger partial charge in [0, 0.05) is 18.8 Å². The number of hydrogen-bond donors (Lipinski definition) is 2. The Kier molecular flexibility index (Phi) is 6.56. The lowest BCUT2D eigenvalue weighted by molar-refractivity contribution is -0.139. The van der Waals surface area contributed by atoms with Gasteiger partial charge in [0.2, 0.25) is 0 Å². The van der Waals surface area contributed by atoms with Gasteiger partial charge in [0.1, 0.15) is 17.6 Å². The van der Waals surface area contributed by atoms with Crippen molar-refractivity contribution in [1.82, 2.24) is 15.5 Å². The molecule has 2 amide bonds. The Balaban J connectivity index is 1.85. The second kappa shape index (κ2) is 9.29. The molecule has 1 aliphatic heterocycles. The molecular formula is C21H25N3O5. The Bertz CT molecular complexity index is 874. The molecular weight excluding hydrogens is 374 g/mol. The molecule has 29 heavy (non-hydrogen) atoms. The Morgan fingerprint density at radius 3 is 2.59 bits per heavy atom. The van der Waals surface area contributed by atoms with E-state index in [9.17, 15) is 9.59 Å². The molecule has 0 saturated heterocycles. The van der Waals surface area contributed by atoms with Gasteiger partial charge in [0.25, 0.3) is 0 Å². The summed E-state index contributed by atoms with van der Waals surface area (Å²) in [5.74, 6) is 0.767. The lowest BCUT2D eigenvalue weighted by atomic mass is 10.00. The van der Waals surface area contributed by atoms with Crippen LogP contribution in [0.3, 0.4) is 0 Å². The smallest absolute Gasteiger partial charge is 0.338 e. The van der Waals surface area contributed by atoms with Crippen LogP contribution in [0.15, 0.2) is 58.3 Å². The first kappa shape index (κ1) is 20.5. The molecule has 1 aromatic heterocycles. The van der Waals surface area contributed by atoms with Crippen LogP contribution in [0.1, 0.15) is 24.3 Å². The molecule has 8 heteroatoms. The Labute approximate surface area is 169 Å². The van der Waals surface area contributed by atoms with Gasteiger partial charge in [-0.1, -0.05) is 12.1 Å². The summed E-state index contributed by atoms with van der Waals surface area (Å²) < 4.78 is 15.9. The van der Waals surface area contributed by atoms with Crippen LogP contribution in [0.2, 0.25) is 0 Å². The van der Waals surface area contributed by atoms with E-state index in [1.54, 1.807) is 26.2 Å². The molecule has 0 aliphatic carbocycles. The predicted molar refractivity (Wildman–Crippen MR) is 106 cm³/mol. The summed E-state index contributed by atoms with van der Waals surface area (Å²) in [6, 6.07) is 10.1. The maximum atomic E-state index is 12.7. The van der Waals surface area contributed by atoms with Crippen molar-refractivity contribution in [3.05, 3.63) is 65.3 Å². The molecule has 1 aromatic carbocycles. The molecule has 0 fully saturated rings. The van der Waals surface area contributed by atoms with Crippen LogP contribution in [0.25, 0.3) is 0 Å². The second-order valence-electron chi connectivity index (χ2n) is 6.68. The van der Waals surface area contributed by atoms with Crippen LogP contribution in [-0.2, 0) is 16.1 Å². The number of nitrogens with zero attached hydrogens (tertiary/aromatic N) is 1. The lowest BCUT2D eigenvalue weighted by Gasteiger charge is -2.30. The first-order chi connectivity index (χ1) is 14.0. The molecule has 1 atom stereocenters. The van der Waals surface area contributed by atoms with Crippen molar-refractivity contribution in [2.45, 2.75) is 19.5 Å². The third-order valence-corrected chi connectivity index (χ3v) is 4.52. The van der Waals surface area contributed by atoms with Gasteiger partial charge >= 0.3 is 12.0 Å². The van der Waals surface area contributed by atoms with Crippen LogP contribution in [-0.4, -0.2) is 44.2 Å². The number of amides is 2. The number of likely N-dealkylation sites (N-methyl/N-ethyl adjacent to an activating group) is 1. The number of hydrogen-bond acceptors (Lipinski definition) is 6. The predicted octanol–water partition coefficient (Wildman–Crippen LogP) is 2.59. The number of carbonyl (C=O) groups is 2. The van der Waals surface area contributed by atoms with E-state index >= 15 is 0 Å². The fraction of sp³-hybridized carbons (Fsp3) is 0.333. The van der Waals surface area contributed by atoms with Crippen molar-refractivity contribution in [3.8, 4) is 5.75 Å². The summed E-state index contributed by atoms with van der Waals surface area (Å²) in [4.78, 5) is 26.9. The molecule has 2 N–H and O–H groups in total. The Morgan fingerprint density at radius 1 is 1.21 bits per heavy atom. The van der Waals surface area contributed by atoms with Gasteiger partial charge < -0.3 is 24.5 Å². The van der Waals surface area contributed by atoms with Crippen LogP contribution in [0.5, 0.6) is 5.75 Å². The molecule has 154 valence electrons. The highest BCUT2D eigenvalue weighted by Crippen LogP contribution is 2.28. The van der Waals surface area contributed by atoms with Crippen molar-refractivity contribution >= 4 is 12.0 Å². The average molecular weight is 399 g/mol. The molecule has 0 bridgehead atoms. The second-order valence-corrected chi connectivity index (χ2v) is 6.68. The van der Waals surface area contributed by atoms with Crippen molar-refractivity contribution in [3.63, 3.8) is 0 Å². The largest absolute Gasteiger partial charge is 0.497 e. The van der Waals surface area contributed by atoms with E-state index in [1.165, 1.54) is 6.26 Å². The van der Waals surface area contributed by atoms with Crippen LogP contribution in [0.4, 0.5) is 4.79 Å². The van der Waals surface area contributed by atoms with Crippen molar-refractivity contribution in [2.24, 2.45) is 0 Å². The number of esters is 1. The van der Waals surface area contributed by atoms with Gasteiger partial charge in [-0.3, -0.25) is 4.90 Å². The first-order valence-electron chi connectivity index (χ1n) is 9.34. The number of methoxy groups -OCH3 is 1. The van der Waals surface area contributed by atoms with E-state index < -0.39 is 18.0 Å². The molecule has 0 unspecified atom stereocenters. The normalized spacial score (nSPS) is 16.4. The summed E-state index contributed by atoms with van der Waals surface area (Å²) in [6.07, 6.45) is 1.50. The highest BCUT2D eigenvalue weighted by molar-refractivity contribution is 5.95. The van der Waals surface area contributed by atoms with E-state index in [2.05, 4.69) is 10.6 Å². The maximum Gasteiger partial charge on any atom is 0.338 e. The Morgan fingerprint density at radius 2 is 1.97 bits per heavy atom. The van der Waals surface area contributed by atoms with Crippen LogP contribution in [0, 0.1) is 0 Å². The third-order valence-electron chi connectivity index (χ3n) is 4.52. The highest BCUT2D eigenvalue weighted by atomic mass is 16.5. The summed E-state index contributed by atoms with van der Waals surface area (Å²) in [6.45, 7) is 2.95. The van der Waals surface area contributed by atoms with Gasteiger partial charge in [-0.2, -0.15) is 0 Å². The SMILES string of the molecule is CCOC(=O)C1=C(CN(C)Cc2ccc(OC)cc2)NC(=O)N[C@@H]1c1ccco1. The molecule has 0 saturated carbocycles. The zero-order chi connectivity index (χ0) is 20.8. The van der Waals surface area contributed by atoms with Crippen LogP contribution >= 0.6 is 0 Å². The molecule has 3 rings (SSSR count). The van der Waals surface area contributed by atoms with Gasteiger partial charge in [0.15, 0.2) is 0 Å². The van der Waals surface area contributed by atoms with Crippen LogP contribution < -0.4 is 15.4 Å². The average Bonchev–Trinajstić information content (AvgIpc) is 3.23. The van der Waals surface area contributed by atoms with E-state index in [4.69, 9.17) is 13.9 Å². The standard InChI is InChI=1S/C21H25N3O5/c1-4-28-20(25)18-16(22-21(26)23-19(18)17-6-5-11-29-17)13-24(2)12-14-7-9-15(27-3)10-8-14/h5-11,19H,4,12-13H2,1-3H3,(H2,22,23,26)/t19-/m1/s1. The number of ether oxygens (including phenoxy) is 2. The van der Waals surface area contributed by atoms with Gasteiger partial charge in [-0.15, -0.1) is 0 Å². The summed E-state index contributed by atoms with van der Waals surface area (Å²) >= 11 is 0. The zero-order valence-electron chi connectivity index (χ0n) is 16.7. The zero-order valence-corrected chi connectivity index (χ0v) is 16.7. The van der Waals surface area contributed by atoms with Crippen molar-refractivity contribution < 1.29 is 23.5 Å². The lowest BCUT2D eigenvalue weighted by Crippen LogP contribution is -2.48. The van der Waals surface area contributed by atoms with Crippen molar-refractivity contribution in [2.75, 3.05) is 27.3 Å². The molecule has 0 spiro atoms. The first-order valence-corrected chi connectivity index (χ1v) is 9.34. The number of urea groups is 1.